The number of carbonyl (C=O) groups excluding carboxylic acids is 1. The minimum Gasteiger partial charge on any atom is -0.270 e. The van der Waals surface area contributed by atoms with Crippen LogP contribution in [-0.2, 0) is 11.3 Å². The topological polar surface area (TPSA) is 81.4 Å². The van der Waals surface area contributed by atoms with Crippen molar-refractivity contribution in [2.75, 3.05) is 0 Å². The zero-order chi connectivity index (χ0) is 13.9. The lowest BCUT2D eigenvalue weighted by atomic mass is 10.2. The van der Waals surface area contributed by atoms with Crippen LogP contribution in [-0.4, -0.2) is 31.6 Å². The molecule has 0 radical (unpaired) electrons. The molecule has 0 saturated heterocycles. The number of rotatable bonds is 4. The highest BCUT2D eigenvalue weighted by atomic mass is 16.7. The van der Waals surface area contributed by atoms with Crippen molar-refractivity contribution in [3.8, 4) is 0 Å². The molecule has 2 aromatic rings. The van der Waals surface area contributed by atoms with Crippen LogP contribution in [0.15, 0.2) is 12.5 Å². The molecule has 7 heteroatoms. The lowest BCUT2D eigenvalue weighted by molar-refractivity contribution is -0.0126. The van der Waals surface area contributed by atoms with Gasteiger partial charge in [-0.15, -0.1) is 0 Å². The van der Waals surface area contributed by atoms with Gasteiger partial charge in [0, 0.05) is 6.20 Å². The predicted octanol–water partition coefficient (Wildman–Crippen LogP) is 1.29. The summed E-state index contributed by atoms with van der Waals surface area (Å²) in [5, 5.41) is 4.09. The molecule has 0 bridgehead atoms. The number of hydroxylamine groups is 1. The van der Waals surface area contributed by atoms with Crippen molar-refractivity contribution in [3.05, 3.63) is 23.8 Å². The Hall–Kier alpha value is -2.02. The van der Waals surface area contributed by atoms with Gasteiger partial charge < -0.3 is 0 Å². The van der Waals surface area contributed by atoms with Gasteiger partial charge in [0.1, 0.15) is 6.33 Å². The van der Waals surface area contributed by atoms with E-state index in [1.54, 1.807) is 4.52 Å². The Morgan fingerprint density at radius 2 is 2.25 bits per heavy atom. The van der Waals surface area contributed by atoms with Crippen LogP contribution in [0.1, 0.15) is 48.7 Å². The number of fused-ring (bicyclic) bond motifs is 1. The first-order chi connectivity index (χ1) is 9.79. The van der Waals surface area contributed by atoms with Gasteiger partial charge >= 0.3 is 0 Å². The largest absolute Gasteiger partial charge is 0.278 e. The molecule has 1 amide bonds. The molecule has 0 aliphatic heterocycles. The zero-order valence-corrected chi connectivity index (χ0v) is 11.4. The average Bonchev–Trinajstić information content (AvgIpc) is 3.14. The van der Waals surface area contributed by atoms with E-state index in [0.29, 0.717) is 17.8 Å². The normalized spacial score (nSPS) is 15.8. The van der Waals surface area contributed by atoms with Gasteiger partial charge in [-0.25, -0.2) is 15.0 Å². The first-order valence-electron chi connectivity index (χ1n) is 6.93. The molecule has 106 valence electrons. The van der Waals surface area contributed by atoms with Crippen LogP contribution in [0.25, 0.3) is 5.78 Å². The molecule has 2 aromatic heterocycles. The fraction of sp³-hybridized carbons (Fsp3) is 0.538. The minimum atomic E-state index is -0.279. The van der Waals surface area contributed by atoms with Gasteiger partial charge in [0.25, 0.3) is 11.7 Å². The number of hydrogen-bond acceptors (Lipinski definition) is 5. The van der Waals surface area contributed by atoms with E-state index in [1.165, 1.54) is 12.5 Å². The summed E-state index contributed by atoms with van der Waals surface area (Å²) in [5.41, 5.74) is 3.79. The maximum Gasteiger partial charge on any atom is 0.278 e. The third-order valence-corrected chi connectivity index (χ3v) is 3.61. The second-order valence-electron chi connectivity index (χ2n) is 4.90. The molecule has 2 heterocycles. The second kappa shape index (κ2) is 5.54. The van der Waals surface area contributed by atoms with Gasteiger partial charge in [0.2, 0.25) is 0 Å². The van der Waals surface area contributed by atoms with E-state index < -0.39 is 0 Å². The Balaban J connectivity index is 1.79. The maximum atomic E-state index is 12.2. The third kappa shape index (κ3) is 2.36. The second-order valence-corrected chi connectivity index (χ2v) is 4.90. The number of nitrogens with zero attached hydrogens (tertiary/aromatic N) is 4. The number of nitrogens with one attached hydrogen (secondary N) is 1. The van der Waals surface area contributed by atoms with E-state index in [2.05, 4.69) is 20.5 Å². The van der Waals surface area contributed by atoms with E-state index in [-0.39, 0.29) is 12.0 Å². The fourth-order valence-electron chi connectivity index (χ4n) is 2.55. The summed E-state index contributed by atoms with van der Waals surface area (Å²) in [6.45, 7) is 1.96. The molecule has 1 aliphatic carbocycles. The summed E-state index contributed by atoms with van der Waals surface area (Å²) in [6, 6.07) is 0. The quantitative estimate of drug-likeness (QED) is 0.850. The maximum absolute atomic E-state index is 12.2. The molecule has 0 spiro atoms. The van der Waals surface area contributed by atoms with Crippen molar-refractivity contribution in [1.82, 2.24) is 25.1 Å². The molecule has 1 N–H and O–H groups in total. The van der Waals surface area contributed by atoms with Crippen LogP contribution < -0.4 is 5.48 Å². The monoisotopic (exact) mass is 275 g/mol. The van der Waals surface area contributed by atoms with Crippen molar-refractivity contribution in [2.45, 2.75) is 45.1 Å². The lowest BCUT2D eigenvalue weighted by Gasteiger charge is -2.13. The molecule has 0 unspecified atom stereocenters. The van der Waals surface area contributed by atoms with Gasteiger partial charge in [0.15, 0.2) is 0 Å². The van der Waals surface area contributed by atoms with Crippen LogP contribution in [0.4, 0.5) is 0 Å². The summed E-state index contributed by atoms with van der Waals surface area (Å²) < 4.78 is 1.59. The summed E-state index contributed by atoms with van der Waals surface area (Å²) in [7, 11) is 0. The molecule has 20 heavy (non-hydrogen) atoms. The molecular formula is C13H17N5O2. The van der Waals surface area contributed by atoms with Gasteiger partial charge in [-0.2, -0.15) is 10.1 Å². The highest BCUT2D eigenvalue weighted by Crippen LogP contribution is 2.20. The van der Waals surface area contributed by atoms with Crippen LogP contribution in [0.5, 0.6) is 0 Å². The van der Waals surface area contributed by atoms with E-state index in [4.69, 9.17) is 4.84 Å². The molecular weight excluding hydrogens is 258 g/mol. The van der Waals surface area contributed by atoms with E-state index in [0.717, 1.165) is 31.4 Å². The van der Waals surface area contributed by atoms with Gasteiger partial charge in [-0.05, 0) is 19.3 Å². The average molecular weight is 275 g/mol. The van der Waals surface area contributed by atoms with Crippen molar-refractivity contribution in [2.24, 2.45) is 0 Å². The number of aryl methyl sites for hydroxylation is 1. The standard InChI is InChI=1S/C13H17N5O2/c1-2-11-10(7-14-13-15-8-16-18(11)13)12(19)17-20-9-5-3-4-6-9/h7-9H,2-6H2,1H3,(H,17,19). The molecule has 1 fully saturated rings. The van der Waals surface area contributed by atoms with Crippen LogP contribution in [0, 0.1) is 0 Å². The van der Waals surface area contributed by atoms with Crippen molar-refractivity contribution < 1.29 is 9.63 Å². The Labute approximate surface area is 116 Å². The fourth-order valence-corrected chi connectivity index (χ4v) is 2.55. The Morgan fingerprint density at radius 3 is 3.00 bits per heavy atom. The highest BCUT2D eigenvalue weighted by Gasteiger charge is 2.19. The van der Waals surface area contributed by atoms with E-state index in [1.807, 2.05) is 6.92 Å². The van der Waals surface area contributed by atoms with Gasteiger partial charge in [-0.1, -0.05) is 19.8 Å². The van der Waals surface area contributed by atoms with E-state index >= 15 is 0 Å². The summed E-state index contributed by atoms with van der Waals surface area (Å²) >= 11 is 0. The predicted molar refractivity (Wildman–Crippen MR) is 71.0 cm³/mol. The molecule has 3 rings (SSSR count). The Bertz CT molecular complexity index is 618. The highest BCUT2D eigenvalue weighted by molar-refractivity contribution is 5.94. The third-order valence-electron chi connectivity index (χ3n) is 3.61. The molecule has 0 atom stereocenters. The summed E-state index contributed by atoms with van der Waals surface area (Å²) in [4.78, 5) is 25.8. The number of amides is 1. The minimum absolute atomic E-state index is 0.132. The van der Waals surface area contributed by atoms with Crippen LogP contribution >= 0.6 is 0 Å². The van der Waals surface area contributed by atoms with Gasteiger partial charge in [-0.3, -0.25) is 9.63 Å². The molecule has 7 nitrogen and oxygen atoms in total. The lowest BCUT2D eigenvalue weighted by Crippen LogP contribution is -2.29. The number of hydrogen-bond donors (Lipinski definition) is 1. The Morgan fingerprint density at radius 1 is 1.45 bits per heavy atom. The van der Waals surface area contributed by atoms with Gasteiger partial charge in [0.05, 0.1) is 17.4 Å². The number of carbonyl (C=O) groups is 1. The Kier molecular flexibility index (Phi) is 3.60. The summed E-state index contributed by atoms with van der Waals surface area (Å²) in [6.07, 6.45) is 8.07. The van der Waals surface area contributed by atoms with Crippen molar-refractivity contribution >= 4 is 11.7 Å². The summed E-state index contributed by atoms with van der Waals surface area (Å²) in [5.74, 6) is 0.216. The molecule has 1 aliphatic rings. The first kappa shape index (κ1) is 13.0. The molecule has 1 saturated carbocycles. The zero-order valence-electron chi connectivity index (χ0n) is 11.4. The molecule has 0 aromatic carbocycles. The first-order valence-corrected chi connectivity index (χ1v) is 6.93. The van der Waals surface area contributed by atoms with Crippen LogP contribution in [0.2, 0.25) is 0 Å². The SMILES string of the molecule is CCc1c(C(=O)NOC2CCCC2)cnc2ncnn12. The van der Waals surface area contributed by atoms with E-state index in [9.17, 15) is 4.79 Å². The van der Waals surface area contributed by atoms with Crippen molar-refractivity contribution in [3.63, 3.8) is 0 Å². The van der Waals surface area contributed by atoms with Crippen LogP contribution in [0.3, 0.4) is 0 Å². The number of aromatic nitrogens is 4. The van der Waals surface area contributed by atoms with Crippen molar-refractivity contribution in [1.29, 1.82) is 0 Å². The smallest absolute Gasteiger partial charge is 0.270 e.